The van der Waals surface area contributed by atoms with Crippen molar-refractivity contribution in [1.29, 1.82) is 0 Å². The Hall–Kier alpha value is -2.47. The first-order valence-corrected chi connectivity index (χ1v) is 9.93. The number of benzene rings is 2. The highest BCUT2D eigenvalue weighted by molar-refractivity contribution is 9.10. The highest BCUT2D eigenvalue weighted by Crippen LogP contribution is 2.42. The molecule has 1 amide bonds. The van der Waals surface area contributed by atoms with E-state index in [4.69, 9.17) is 0 Å². The summed E-state index contributed by atoms with van der Waals surface area (Å²) in [6.07, 6.45) is 2.98. The average Bonchev–Trinajstić information content (AvgIpc) is 3.45. The quantitative estimate of drug-likeness (QED) is 0.594. The predicted molar refractivity (Wildman–Crippen MR) is 108 cm³/mol. The van der Waals surface area contributed by atoms with E-state index in [0.717, 1.165) is 35.1 Å². The lowest BCUT2D eigenvalue weighted by atomic mass is 10.1. The topological polar surface area (TPSA) is 51.0 Å². The number of carbonyl (C=O) groups excluding carboxylic acids is 1. The molecule has 6 heteroatoms. The monoisotopic (exact) mass is 424 g/mol. The highest BCUT2D eigenvalue weighted by Gasteiger charge is 2.35. The fourth-order valence-corrected chi connectivity index (χ4v) is 3.43. The van der Waals surface area contributed by atoms with E-state index >= 15 is 0 Å². The predicted octanol–water partition coefficient (Wildman–Crippen LogP) is 4.22. The van der Waals surface area contributed by atoms with Gasteiger partial charge >= 0.3 is 0 Å². The van der Waals surface area contributed by atoms with Crippen molar-refractivity contribution in [3.63, 3.8) is 0 Å². The second-order valence-electron chi connectivity index (χ2n) is 6.95. The van der Waals surface area contributed by atoms with E-state index < -0.39 is 0 Å². The molecule has 1 fully saturated rings. The van der Waals surface area contributed by atoms with Crippen molar-refractivity contribution in [2.75, 3.05) is 13.6 Å². The van der Waals surface area contributed by atoms with Crippen LogP contribution in [-0.4, -0.2) is 39.4 Å². The average molecular weight is 425 g/mol. The summed E-state index contributed by atoms with van der Waals surface area (Å²) in [5.41, 5.74) is 3.57. The largest absolute Gasteiger partial charge is 0.340 e. The van der Waals surface area contributed by atoms with Gasteiger partial charge in [-0.3, -0.25) is 4.79 Å². The molecule has 1 heterocycles. The van der Waals surface area contributed by atoms with Gasteiger partial charge in [0.25, 0.3) is 5.91 Å². The standard InChI is InChI=1S/C21H21BrN4O/c1-25(14-13-15-5-3-2-4-6-15)21(27)19-20(16-7-8-16)26(24-23-19)18-11-9-17(22)10-12-18/h2-6,9-12,16H,7-8,13-14H2,1H3. The molecule has 0 radical (unpaired) electrons. The van der Waals surface area contributed by atoms with Crippen LogP contribution in [0, 0.1) is 0 Å². The van der Waals surface area contributed by atoms with Gasteiger partial charge in [-0.2, -0.15) is 0 Å². The van der Waals surface area contributed by atoms with Crippen molar-refractivity contribution in [2.45, 2.75) is 25.2 Å². The summed E-state index contributed by atoms with van der Waals surface area (Å²) in [5.74, 6) is 0.307. The van der Waals surface area contributed by atoms with Gasteiger partial charge in [-0.05, 0) is 49.1 Å². The molecule has 4 rings (SSSR count). The summed E-state index contributed by atoms with van der Waals surface area (Å²) in [5, 5.41) is 8.57. The number of aromatic nitrogens is 3. The second kappa shape index (κ2) is 7.64. The van der Waals surface area contributed by atoms with Crippen LogP contribution < -0.4 is 0 Å². The smallest absolute Gasteiger partial charge is 0.276 e. The Morgan fingerprint density at radius 1 is 1.15 bits per heavy atom. The van der Waals surface area contributed by atoms with Crippen LogP contribution >= 0.6 is 15.9 Å². The van der Waals surface area contributed by atoms with Crippen LogP contribution in [0.15, 0.2) is 59.1 Å². The van der Waals surface area contributed by atoms with Crippen molar-refractivity contribution in [3.8, 4) is 5.69 Å². The molecule has 0 unspecified atom stereocenters. The molecule has 0 atom stereocenters. The maximum atomic E-state index is 13.0. The van der Waals surface area contributed by atoms with Gasteiger partial charge < -0.3 is 4.90 Å². The zero-order valence-corrected chi connectivity index (χ0v) is 16.8. The molecule has 2 aromatic carbocycles. The van der Waals surface area contributed by atoms with Gasteiger partial charge in [-0.1, -0.05) is 51.5 Å². The van der Waals surface area contributed by atoms with Crippen LogP contribution in [0.3, 0.4) is 0 Å². The number of hydrogen-bond donors (Lipinski definition) is 0. The molecule has 0 aliphatic heterocycles. The van der Waals surface area contributed by atoms with Crippen molar-refractivity contribution in [1.82, 2.24) is 19.9 Å². The molecule has 5 nitrogen and oxygen atoms in total. The van der Waals surface area contributed by atoms with Gasteiger partial charge in [0, 0.05) is 24.0 Å². The van der Waals surface area contributed by atoms with Gasteiger partial charge in [0.05, 0.1) is 11.4 Å². The van der Waals surface area contributed by atoms with Gasteiger partial charge in [-0.15, -0.1) is 5.10 Å². The number of nitrogens with zero attached hydrogens (tertiary/aromatic N) is 4. The van der Waals surface area contributed by atoms with Gasteiger partial charge in [-0.25, -0.2) is 4.68 Å². The molecule has 0 saturated heterocycles. The summed E-state index contributed by atoms with van der Waals surface area (Å²) in [6.45, 7) is 0.651. The molecule has 1 aromatic heterocycles. The third kappa shape index (κ3) is 3.95. The van der Waals surface area contributed by atoms with Crippen LogP contribution in [0.5, 0.6) is 0 Å². The zero-order valence-electron chi connectivity index (χ0n) is 15.2. The molecule has 1 saturated carbocycles. The Morgan fingerprint density at radius 2 is 1.85 bits per heavy atom. The summed E-state index contributed by atoms with van der Waals surface area (Å²) in [4.78, 5) is 14.8. The Balaban J connectivity index is 1.56. The molecule has 1 aliphatic carbocycles. The number of amides is 1. The molecule has 0 spiro atoms. The van der Waals surface area contributed by atoms with E-state index in [1.807, 2.05) is 54.2 Å². The number of halogens is 1. The SMILES string of the molecule is CN(CCc1ccccc1)C(=O)c1nnn(-c2ccc(Br)cc2)c1C1CC1. The van der Waals surface area contributed by atoms with E-state index in [2.05, 4.69) is 38.4 Å². The normalized spacial score (nSPS) is 13.6. The van der Waals surface area contributed by atoms with Crippen LogP contribution in [0.2, 0.25) is 0 Å². The lowest BCUT2D eigenvalue weighted by molar-refractivity contribution is 0.0789. The van der Waals surface area contributed by atoms with Crippen LogP contribution in [0.25, 0.3) is 5.69 Å². The van der Waals surface area contributed by atoms with Crippen molar-refractivity contribution in [2.24, 2.45) is 0 Å². The Morgan fingerprint density at radius 3 is 2.52 bits per heavy atom. The number of hydrogen-bond acceptors (Lipinski definition) is 3. The van der Waals surface area contributed by atoms with E-state index in [-0.39, 0.29) is 5.91 Å². The summed E-state index contributed by atoms with van der Waals surface area (Å²) in [7, 11) is 1.83. The van der Waals surface area contributed by atoms with Crippen molar-refractivity contribution < 1.29 is 4.79 Å². The number of carbonyl (C=O) groups is 1. The first-order chi connectivity index (χ1) is 13.1. The Labute approximate surface area is 167 Å². The van der Waals surface area contributed by atoms with Gasteiger partial charge in [0.1, 0.15) is 0 Å². The van der Waals surface area contributed by atoms with E-state index in [1.54, 1.807) is 4.90 Å². The molecular weight excluding hydrogens is 404 g/mol. The second-order valence-corrected chi connectivity index (χ2v) is 7.86. The molecule has 27 heavy (non-hydrogen) atoms. The van der Waals surface area contributed by atoms with Crippen molar-refractivity contribution in [3.05, 3.63) is 76.0 Å². The van der Waals surface area contributed by atoms with Crippen LogP contribution in [0.4, 0.5) is 0 Å². The number of rotatable bonds is 6. The lowest BCUT2D eigenvalue weighted by Crippen LogP contribution is -2.30. The number of likely N-dealkylation sites (N-methyl/N-ethyl adjacent to an activating group) is 1. The third-order valence-corrected chi connectivity index (χ3v) is 5.40. The first kappa shape index (κ1) is 17.9. The molecule has 0 bridgehead atoms. The summed E-state index contributed by atoms with van der Waals surface area (Å²) < 4.78 is 2.83. The minimum Gasteiger partial charge on any atom is -0.340 e. The van der Waals surface area contributed by atoms with E-state index in [0.29, 0.717) is 18.2 Å². The minimum absolute atomic E-state index is 0.0591. The van der Waals surface area contributed by atoms with Crippen LogP contribution in [0.1, 0.15) is 40.5 Å². The third-order valence-electron chi connectivity index (χ3n) is 4.87. The van der Waals surface area contributed by atoms with E-state index in [1.165, 1.54) is 5.56 Å². The van der Waals surface area contributed by atoms with Gasteiger partial charge in [0.15, 0.2) is 5.69 Å². The minimum atomic E-state index is -0.0591. The molecule has 1 aliphatic rings. The highest BCUT2D eigenvalue weighted by atomic mass is 79.9. The maximum absolute atomic E-state index is 13.0. The Kier molecular flexibility index (Phi) is 5.07. The Bertz CT molecular complexity index is 933. The fraction of sp³-hybridized carbons (Fsp3) is 0.286. The molecule has 0 N–H and O–H groups in total. The lowest BCUT2D eigenvalue weighted by Gasteiger charge is -2.17. The van der Waals surface area contributed by atoms with Gasteiger partial charge in [0.2, 0.25) is 0 Å². The summed E-state index contributed by atoms with van der Waals surface area (Å²) in [6, 6.07) is 18.1. The van der Waals surface area contributed by atoms with E-state index in [9.17, 15) is 4.79 Å². The molecular formula is C21H21BrN4O. The summed E-state index contributed by atoms with van der Waals surface area (Å²) >= 11 is 3.46. The molecule has 138 valence electrons. The molecule has 3 aromatic rings. The maximum Gasteiger partial charge on any atom is 0.276 e. The first-order valence-electron chi connectivity index (χ1n) is 9.14. The van der Waals surface area contributed by atoms with Crippen LogP contribution in [-0.2, 0) is 6.42 Å². The zero-order chi connectivity index (χ0) is 18.8. The van der Waals surface area contributed by atoms with Crippen molar-refractivity contribution >= 4 is 21.8 Å². The fourth-order valence-electron chi connectivity index (χ4n) is 3.16.